The lowest BCUT2D eigenvalue weighted by Gasteiger charge is -2.28. The van der Waals surface area contributed by atoms with Crippen LogP contribution >= 0.6 is 0 Å². The molecule has 25 heavy (non-hydrogen) atoms. The van der Waals surface area contributed by atoms with Crippen molar-refractivity contribution in [3.8, 4) is 0 Å². The molecule has 3 rings (SSSR count). The maximum Gasteiger partial charge on any atom is 0.307 e. The van der Waals surface area contributed by atoms with Gasteiger partial charge in [0.15, 0.2) is 0 Å². The first-order chi connectivity index (χ1) is 12.0. The highest BCUT2D eigenvalue weighted by atomic mass is 19.1. The van der Waals surface area contributed by atoms with Gasteiger partial charge in [0.05, 0.1) is 11.8 Å². The number of anilines is 1. The van der Waals surface area contributed by atoms with Crippen LogP contribution in [0.1, 0.15) is 36.8 Å². The number of amides is 1. The molecule has 0 spiro atoms. The van der Waals surface area contributed by atoms with Crippen molar-refractivity contribution in [2.75, 3.05) is 5.32 Å². The van der Waals surface area contributed by atoms with Crippen LogP contribution in [0.25, 0.3) is 0 Å². The molecule has 1 fully saturated rings. The summed E-state index contributed by atoms with van der Waals surface area (Å²) in [5, 5.41) is 11.7. The van der Waals surface area contributed by atoms with Crippen molar-refractivity contribution < 1.29 is 19.1 Å². The van der Waals surface area contributed by atoms with Gasteiger partial charge in [-0.2, -0.15) is 0 Å². The van der Waals surface area contributed by atoms with Crippen LogP contribution in [0.5, 0.6) is 0 Å². The van der Waals surface area contributed by atoms with Crippen molar-refractivity contribution in [3.05, 3.63) is 65.5 Å². The van der Waals surface area contributed by atoms with Crippen LogP contribution in [0.15, 0.2) is 48.5 Å². The van der Waals surface area contributed by atoms with Crippen molar-refractivity contribution in [2.45, 2.75) is 37.5 Å². The van der Waals surface area contributed by atoms with Gasteiger partial charge in [-0.3, -0.25) is 9.59 Å². The average molecular weight is 341 g/mol. The largest absolute Gasteiger partial charge is 0.481 e. The van der Waals surface area contributed by atoms with E-state index in [1.165, 1.54) is 12.1 Å². The summed E-state index contributed by atoms with van der Waals surface area (Å²) in [6.45, 7) is 0. The number of carboxylic acids is 1. The number of nitrogens with one attached hydrogen (secondary N) is 1. The number of halogens is 1. The molecule has 1 aliphatic rings. The number of hydrogen-bond donors (Lipinski definition) is 2. The fraction of sp³-hybridized carbons (Fsp3) is 0.300. The molecule has 0 aliphatic heterocycles. The Hall–Kier alpha value is -2.69. The minimum absolute atomic E-state index is 0.0479. The maximum absolute atomic E-state index is 13.2. The molecule has 0 unspecified atom stereocenters. The first kappa shape index (κ1) is 17.1. The highest BCUT2D eigenvalue weighted by Gasteiger charge is 2.42. The van der Waals surface area contributed by atoms with E-state index in [2.05, 4.69) is 5.32 Å². The fourth-order valence-corrected chi connectivity index (χ4v) is 3.53. The number of carbonyl (C=O) groups is 2. The molecule has 4 nitrogen and oxygen atoms in total. The molecule has 0 saturated heterocycles. The Morgan fingerprint density at radius 1 is 1.00 bits per heavy atom. The number of carboxylic acid groups (broad SMARTS) is 1. The fourth-order valence-electron chi connectivity index (χ4n) is 3.53. The molecule has 130 valence electrons. The van der Waals surface area contributed by atoms with Crippen LogP contribution in [0, 0.1) is 5.82 Å². The third kappa shape index (κ3) is 3.71. The summed E-state index contributed by atoms with van der Waals surface area (Å²) < 4.78 is 13.2. The maximum atomic E-state index is 13.2. The van der Waals surface area contributed by atoms with E-state index in [-0.39, 0.29) is 18.1 Å². The predicted molar refractivity (Wildman–Crippen MR) is 93.0 cm³/mol. The smallest absolute Gasteiger partial charge is 0.307 e. The van der Waals surface area contributed by atoms with Crippen LogP contribution in [0.3, 0.4) is 0 Å². The molecule has 0 heterocycles. The topological polar surface area (TPSA) is 66.4 Å². The van der Waals surface area contributed by atoms with E-state index < -0.39 is 11.4 Å². The summed E-state index contributed by atoms with van der Waals surface area (Å²) in [6, 6.07) is 13.0. The lowest BCUT2D eigenvalue weighted by atomic mass is 9.78. The van der Waals surface area contributed by atoms with Gasteiger partial charge in [0.2, 0.25) is 5.91 Å². The highest BCUT2D eigenvalue weighted by molar-refractivity contribution is 5.99. The van der Waals surface area contributed by atoms with E-state index in [0.717, 1.165) is 31.2 Å². The number of benzene rings is 2. The third-order valence-electron chi connectivity index (χ3n) is 4.86. The Morgan fingerprint density at radius 2 is 1.60 bits per heavy atom. The number of hydrogen-bond acceptors (Lipinski definition) is 2. The van der Waals surface area contributed by atoms with Crippen LogP contribution in [0.4, 0.5) is 10.1 Å². The second-order valence-electron chi connectivity index (χ2n) is 6.52. The summed E-state index contributed by atoms with van der Waals surface area (Å²) >= 11 is 0. The molecule has 0 aromatic heterocycles. The Bertz CT molecular complexity index is 763. The Morgan fingerprint density at radius 3 is 2.16 bits per heavy atom. The SMILES string of the molecule is O=C(O)Cc1ccc(NC(=O)C2(c3ccc(F)cc3)CCCC2)cc1. The van der Waals surface area contributed by atoms with Gasteiger partial charge < -0.3 is 10.4 Å². The lowest BCUT2D eigenvalue weighted by molar-refractivity contribution is -0.136. The summed E-state index contributed by atoms with van der Waals surface area (Å²) in [5.41, 5.74) is 1.52. The molecule has 5 heteroatoms. The van der Waals surface area contributed by atoms with E-state index in [4.69, 9.17) is 5.11 Å². The Balaban J connectivity index is 1.79. The quantitative estimate of drug-likeness (QED) is 0.867. The second-order valence-corrected chi connectivity index (χ2v) is 6.52. The molecule has 2 aromatic rings. The van der Waals surface area contributed by atoms with Gasteiger partial charge in [-0.1, -0.05) is 37.1 Å². The van der Waals surface area contributed by atoms with Gasteiger partial charge in [-0.15, -0.1) is 0 Å². The first-order valence-corrected chi connectivity index (χ1v) is 8.38. The third-order valence-corrected chi connectivity index (χ3v) is 4.86. The monoisotopic (exact) mass is 341 g/mol. The minimum atomic E-state index is -0.891. The lowest BCUT2D eigenvalue weighted by Crippen LogP contribution is -2.38. The molecule has 1 amide bonds. The van der Waals surface area contributed by atoms with E-state index in [0.29, 0.717) is 11.3 Å². The number of rotatable bonds is 5. The number of aliphatic carboxylic acids is 1. The van der Waals surface area contributed by atoms with Crippen molar-refractivity contribution in [1.82, 2.24) is 0 Å². The summed E-state index contributed by atoms with van der Waals surface area (Å²) in [6.07, 6.45) is 3.35. The zero-order chi connectivity index (χ0) is 17.9. The standard InChI is InChI=1S/C20H20FNO3/c21-16-7-5-15(6-8-16)20(11-1-2-12-20)19(25)22-17-9-3-14(4-10-17)13-18(23)24/h3-10H,1-2,11-13H2,(H,22,25)(H,23,24). The molecular weight excluding hydrogens is 321 g/mol. The van der Waals surface area contributed by atoms with Crippen LogP contribution in [-0.4, -0.2) is 17.0 Å². The van der Waals surface area contributed by atoms with Gasteiger partial charge in [0.25, 0.3) is 0 Å². The minimum Gasteiger partial charge on any atom is -0.481 e. The van der Waals surface area contributed by atoms with Crippen molar-refractivity contribution >= 4 is 17.6 Å². The van der Waals surface area contributed by atoms with E-state index in [1.807, 2.05) is 0 Å². The molecule has 2 aromatic carbocycles. The summed E-state index contributed by atoms with van der Waals surface area (Å²) in [5.74, 6) is -1.30. The average Bonchev–Trinajstić information content (AvgIpc) is 3.08. The molecular formula is C20H20FNO3. The van der Waals surface area contributed by atoms with Gasteiger partial charge in [0, 0.05) is 5.69 Å². The highest BCUT2D eigenvalue weighted by Crippen LogP contribution is 2.42. The second kappa shape index (κ2) is 7.05. The molecule has 1 aliphatic carbocycles. The summed E-state index contributed by atoms with van der Waals surface area (Å²) in [4.78, 5) is 23.7. The van der Waals surface area contributed by atoms with Crippen molar-refractivity contribution in [2.24, 2.45) is 0 Å². The molecule has 0 atom stereocenters. The van der Waals surface area contributed by atoms with Crippen LogP contribution < -0.4 is 5.32 Å². The summed E-state index contributed by atoms with van der Waals surface area (Å²) in [7, 11) is 0. The Labute approximate surface area is 145 Å². The van der Waals surface area contributed by atoms with E-state index >= 15 is 0 Å². The molecule has 2 N–H and O–H groups in total. The van der Waals surface area contributed by atoms with Gasteiger partial charge in [-0.25, -0.2) is 4.39 Å². The molecule has 0 radical (unpaired) electrons. The van der Waals surface area contributed by atoms with Crippen molar-refractivity contribution in [1.29, 1.82) is 0 Å². The van der Waals surface area contributed by atoms with E-state index in [1.54, 1.807) is 36.4 Å². The first-order valence-electron chi connectivity index (χ1n) is 8.38. The van der Waals surface area contributed by atoms with Crippen LogP contribution in [-0.2, 0) is 21.4 Å². The van der Waals surface area contributed by atoms with Gasteiger partial charge >= 0.3 is 5.97 Å². The molecule has 1 saturated carbocycles. The number of carbonyl (C=O) groups excluding carboxylic acids is 1. The van der Waals surface area contributed by atoms with Gasteiger partial charge in [-0.05, 0) is 48.2 Å². The zero-order valence-electron chi connectivity index (χ0n) is 13.8. The van der Waals surface area contributed by atoms with Gasteiger partial charge in [0.1, 0.15) is 5.82 Å². The zero-order valence-corrected chi connectivity index (χ0v) is 13.8. The predicted octanol–water partition coefficient (Wildman–Crippen LogP) is 3.90. The van der Waals surface area contributed by atoms with Crippen molar-refractivity contribution in [3.63, 3.8) is 0 Å². The van der Waals surface area contributed by atoms with E-state index in [9.17, 15) is 14.0 Å². The normalized spacial score (nSPS) is 15.7. The molecule has 0 bridgehead atoms. The van der Waals surface area contributed by atoms with Crippen LogP contribution in [0.2, 0.25) is 0 Å². The Kier molecular flexibility index (Phi) is 4.83.